The van der Waals surface area contributed by atoms with Gasteiger partial charge in [0.15, 0.2) is 11.5 Å². The average molecular weight is 208 g/mol. The van der Waals surface area contributed by atoms with Crippen LogP contribution in [-0.2, 0) is 6.54 Å². The second-order valence-corrected chi connectivity index (χ2v) is 3.39. The number of hydrogen-bond acceptors (Lipinski definition) is 6. The van der Waals surface area contributed by atoms with E-state index < -0.39 is 6.10 Å². The highest BCUT2D eigenvalue weighted by Crippen LogP contribution is 2.16. The average Bonchev–Trinajstić information content (AvgIpc) is 2.48. The van der Waals surface area contributed by atoms with Gasteiger partial charge in [0.05, 0.1) is 19.0 Å². The second-order valence-electron chi connectivity index (χ2n) is 3.39. The number of nitrogen functional groups attached to an aromatic ring is 2. The Morgan fingerprint density at radius 3 is 2.87 bits per heavy atom. The van der Waals surface area contributed by atoms with Crippen LogP contribution in [0.25, 0.3) is 11.2 Å². The molecule has 0 aliphatic rings. The Kier molecular flexibility index (Phi) is 2.16. The molecular weight excluding hydrogens is 196 g/mol. The molecule has 1 unspecified atom stereocenters. The van der Waals surface area contributed by atoms with E-state index in [1.165, 1.54) is 0 Å². The third-order valence-electron chi connectivity index (χ3n) is 1.97. The van der Waals surface area contributed by atoms with E-state index in [1.807, 2.05) is 0 Å². The fourth-order valence-electron chi connectivity index (χ4n) is 1.40. The molecular formula is C8H12N6O. The van der Waals surface area contributed by atoms with Crippen molar-refractivity contribution in [2.24, 2.45) is 0 Å². The van der Waals surface area contributed by atoms with E-state index in [0.29, 0.717) is 17.7 Å². The predicted molar refractivity (Wildman–Crippen MR) is 55.8 cm³/mol. The minimum absolute atomic E-state index is 0.104. The molecule has 0 aliphatic carbocycles. The molecule has 0 amide bonds. The standard InChI is InChI=1S/C8H12N6O/c1-4(15)2-14-3-11-5-6(9)12-8(10)13-7(5)14/h3-4,15H,2H2,1H3,(H4,9,10,12,13). The Labute approximate surface area is 85.8 Å². The summed E-state index contributed by atoms with van der Waals surface area (Å²) in [5.41, 5.74) is 12.2. The third kappa shape index (κ3) is 1.68. The fraction of sp³-hybridized carbons (Fsp3) is 0.375. The first-order valence-corrected chi connectivity index (χ1v) is 4.50. The van der Waals surface area contributed by atoms with Crippen LogP contribution in [0, 0.1) is 0 Å². The van der Waals surface area contributed by atoms with Crippen molar-refractivity contribution in [3.8, 4) is 0 Å². The first-order chi connectivity index (χ1) is 7.08. The highest BCUT2D eigenvalue weighted by Gasteiger charge is 2.10. The zero-order chi connectivity index (χ0) is 11.0. The van der Waals surface area contributed by atoms with Crippen LogP contribution in [-0.4, -0.2) is 30.7 Å². The van der Waals surface area contributed by atoms with Crippen LogP contribution in [0.15, 0.2) is 6.33 Å². The summed E-state index contributed by atoms with van der Waals surface area (Å²) in [4.78, 5) is 11.9. The minimum atomic E-state index is -0.486. The largest absolute Gasteiger partial charge is 0.392 e. The smallest absolute Gasteiger partial charge is 0.224 e. The molecule has 0 spiro atoms. The number of aliphatic hydroxyl groups is 1. The van der Waals surface area contributed by atoms with Crippen molar-refractivity contribution in [1.29, 1.82) is 0 Å². The van der Waals surface area contributed by atoms with Crippen LogP contribution in [0.1, 0.15) is 6.92 Å². The van der Waals surface area contributed by atoms with E-state index >= 15 is 0 Å². The third-order valence-corrected chi connectivity index (χ3v) is 1.97. The maximum absolute atomic E-state index is 9.27. The molecule has 7 heteroatoms. The second kappa shape index (κ2) is 3.35. The number of rotatable bonds is 2. The molecule has 0 bridgehead atoms. The van der Waals surface area contributed by atoms with Gasteiger partial charge in [-0.2, -0.15) is 9.97 Å². The summed E-state index contributed by atoms with van der Waals surface area (Å²) in [6.07, 6.45) is 1.07. The van der Waals surface area contributed by atoms with Crippen LogP contribution in [0.5, 0.6) is 0 Å². The van der Waals surface area contributed by atoms with E-state index in [0.717, 1.165) is 0 Å². The molecule has 2 aromatic rings. The molecule has 80 valence electrons. The number of nitrogens with two attached hydrogens (primary N) is 2. The van der Waals surface area contributed by atoms with Gasteiger partial charge in [-0.25, -0.2) is 4.98 Å². The van der Waals surface area contributed by atoms with E-state index in [-0.39, 0.29) is 11.8 Å². The van der Waals surface area contributed by atoms with Gasteiger partial charge in [0.2, 0.25) is 5.95 Å². The Hall–Kier alpha value is -1.89. The van der Waals surface area contributed by atoms with Gasteiger partial charge in [0.1, 0.15) is 5.52 Å². The van der Waals surface area contributed by atoms with Crippen molar-refractivity contribution in [1.82, 2.24) is 19.5 Å². The molecule has 0 aliphatic heterocycles. The molecule has 0 fully saturated rings. The summed E-state index contributed by atoms with van der Waals surface area (Å²) in [5, 5.41) is 9.27. The molecule has 0 saturated heterocycles. The SMILES string of the molecule is CC(O)Cn1cnc2c(N)nc(N)nc21. The van der Waals surface area contributed by atoms with Crippen LogP contribution in [0.2, 0.25) is 0 Å². The Morgan fingerprint density at radius 2 is 2.20 bits per heavy atom. The lowest BCUT2D eigenvalue weighted by atomic mass is 10.4. The topological polar surface area (TPSA) is 116 Å². The minimum Gasteiger partial charge on any atom is -0.392 e. The molecule has 5 N–H and O–H groups in total. The Morgan fingerprint density at radius 1 is 1.47 bits per heavy atom. The first kappa shape index (κ1) is 9.66. The molecule has 0 aromatic carbocycles. The van der Waals surface area contributed by atoms with E-state index in [4.69, 9.17) is 11.5 Å². The van der Waals surface area contributed by atoms with Gasteiger partial charge in [-0.1, -0.05) is 0 Å². The van der Waals surface area contributed by atoms with Crippen molar-refractivity contribution in [2.45, 2.75) is 19.6 Å². The van der Waals surface area contributed by atoms with Gasteiger partial charge >= 0.3 is 0 Å². The van der Waals surface area contributed by atoms with Crippen molar-refractivity contribution in [3.05, 3.63) is 6.33 Å². The number of imidazole rings is 1. The first-order valence-electron chi connectivity index (χ1n) is 4.50. The highest BCUT2D eigenvalue weighted by atomic mass is 16.3. The Balaban J connectivity index is 2.58. The monoisotopic (exact) mass is 208 g/mol. The maximum atomic E-state index is 9.27. The lowest BCUT2D eigenvalue weighted by Crippen LogP contribution is -2.12. The summed E-state index contributed by atoms with van der Waals surface area (Å²) < 4.78 is 1.69. The number of hydrogen-bond donors (Lipinski definition) is 3. The van der Waals surface area contributed by atoms with Crippen LogP contribution >= 0.6 is 0 Å². The lowest BCUT2D eigenvalue weighted by molar-refractivity contribution is 0.175. The number of aromatic nitrogens is 4. The molecule has 2 aromatic heterocycles. The summed E-state index contributed by atoms with van der Waals surface area (Å²) in [5.74, 6) is 0.356. The van der Waals surface area contributed by atoms with Crippen molar-refractivity contribution >= 4 is 22.9 Å². The molecule has 7 nitrogen and oxygen atoms in total. The van der Waals surface area contributed by atoms with Crippen molar-refractivity contribution in [2.75, 3.05) is 11.5 Å². The molecule has 0 radical (unpaired) electrons. The van der Waals surface area contributed by atoms with Gasteiger partial charge in [-0.15, -0.1) is 0 Å². The molecule has 0 saturated carbocycles. The van der Waals surface area contributed by atoms with Crippen LogP contribution in [0.3, 0.4) is 0 Å². The van der Waals surface area contributed by atoms with Gasteiger partial charge in [-0.05, 0) is 6.92 Å². The van der Waals surface area contributed by atoms with Crippen LogP contribution in [0.4, 0.5) is 11.8 Å². The molecule has 15 heavy (non-hydrogen) atoms. The number of aliphatic hydroxyl groups excluding tert-OH is 1. The van der Waals surface area contributed by atoms with E-state index in [1.54, 1.807) is 17.8 Å². The molecule has 2 heterocycles. The lowest BCUT2D eigenvalue weighted by Gasteiger charge is -2.06. The predicted octanol–water partition coefficient (Wildman–Crippen LogP) is -0.629. The van der Waals surface area contributed by atoms with Gasteiger partial charge in [0, 0.05) is 0 Å². The number of nitrogens with zero attached hydrogens (tertiary/aromatic N) is 4. The summed E-state index contributed by atoms with van der Waals surface area (Å²) in [6, 6.07) is 0. The summed E-state index contributed by atoms with van der Waals surface area (Å²) >= 11 is 0. The molecule has 2 rings (SSSR count). The highest BCUT2D eigenvalue weighted by molar-refractivity contribution is 5.82. The summed E-state index contributed by atoms with van der Waals surface area (Å²) in [7, 11) is 0. The van der Waals surface area contributed by atoms with Gasteiger partial charge < -0.3 is 21.1 Å². The van der Waals surface area contributed by atoms with E-state index in [9.17, 15) is 5.11 Å². The number of anilines is 2. The van der Waals surface area contributed by atoms with Crippen molar-refractivity contribution < 1.29 is 5.11 Å². The zero-order valence-corrected chi connectivity index (χ0v) is 8.25. The van der Waals surface area contributed by atoms with Crippen LogP contribution < -0.4 is 11.5 Å². The Bertz CT molecular complexity index is 491. The molecule has 1 atom stereocenters. The maximum Gasteiger partial charge on any atom is 0.224 e. The fourth-order valence-corrected chi connectivity index (χ4v) is 1.40. The summed E-state index contributed by atoms with van der Waals surface area (Å²) in [6.45, 7) is 2.08. The van der Waals surface area contributed by atoms with Gasteiger partial charge in [0.25, 0.3) is 0 Å². The van der Waals surface area contributed by atoms with Gasteiger partial charge in [-0.3, -0.25) is 0 Å². The quantitative estimate of drug-likeness (QED) is 0.605. The van der Waals surface area contributed by atoms with Crippen molar-refractivity contribution in [3.63, 3.8) is 0 Å². The van der Waals surface area contributed by atoms with E-state index in [2.05, 4.69) is 15.0 Å². The number of fused-ring (bicyclic) bond motifs is 1. The normalized spacial score (nSPS) is 13.2. The zero-order valence-electron chi connectivity index (χ0n) is 8.25.